The minimum absolute atomic E-state index is 0. The van der Waals surface area contributed by atoms with Gasteiger partial charge in [-0.1, -0.05) is 0 Å². The van der Waals surface area contributed by atoms with Crippen LogP contribution in [0.1, 0.15) is 0 Å². The molecule has 51 valence electrons. The normalized spacial score (nSPS) is 6.14. The molecule has 0 fully saturated rings. The molecule has 0 amide bonds. The first kappa shape index (κ1) is 15.7. The van der Waals surface area contributed by atoms with Crippen LogP contribution < -0.4 is 0 Å². The molecular formula is C4H13ClNiP. The van der Waals surface area contributed by atoms with Crippen molar-refractivity contribution in [2.75, 3.05) is 20.0 Å². The Balaban J connectivity index is -0.0000000480. The van der Waals surface area contributed by atoms with E-state index in [-0.39, 0.29) is 15.3 Å². The average Bonchev–Trinajstić information content (AvgIpc) is 1.41. The predicted octanol–water partition coefficient (Wildman–Crippen LogP) is 2.23. The molecule has 0 heterocycles. The van der Waals surface area contributed by atoms with Gasteiger partial charge in [-0.2, -0.15) is 0 Å². The molecule has 0 nitrogen and oxygen atoms in total. The number of halogens is 1. The molecule has 0 saturated carbocycles. The molecule has 0 atom stereocenters. The van der Waals surface area contributed by atoms with Crippen molar-refractivity contribution in [1.29, 1.82) is 0 Å². The summed E-state index contributed by atoms with van der Waals surface area (Å²) in [5, 5.41) is 0. The van der Waals surface area contributed by atoms with E-state index in [1.54, 1.807) is 0 Å². The van der Waals surface area contributed by atoms with Crippen LogP contribution in [0.5, 0.6) is 0 Å². The van der Waals surface area contributed by atoms with Gasteiger partial charge in [0.15, 0.2) is 0 Å². The van der Waals surface area contributed by atoms with Gasteiger partial charge in [-0.3, -0.25) is 0 Å². The van der Waals surface area contributed by atoms with Gasteiger partial charge in [0.1, 0.15) is 0 Å². The van der Waals surface area contributed by atoms with Crippen LogP contribution >= 0.6 is 18.1 Å². The third kappa shape index (κ3) is 133. The molecule has 7 heavy (non-hydrogen) atoms. The van der Waals surface area contributed by atoms with Crippen molar-refractivity contribution >= 4 is 18.1 Å². The van der Waals surface area contributed by atoms with Crippen molar-refractivity contribution in [2.45, 2.75) is 0 Å². The average molecular weight is 186 g/mol. The van der Waals surface area contributed by atoms with Crippen molar-refractivity contribution in [3.63, 3.8) is 0 Å². The van der Waals surface area contributed by atoms with Crippen LogP contribution in [-0.4, -0.2) is 20.0 Å². The van der Waals surface area contributed by atoms with E-state index in [0.29, 0.717) is 0 Å². The van der Waals surface area contributed by atoms with Crippen LogP contribution in [0.2, 0.25) is 0 Å². The zero-order valence-electron chi connectivity index (χ0n) is 5.19. The molecule has 0 aliphatic rings. The number of hydrogen-bond donors (Lipinski definition) is 0. The van der Waals surface area contributed by atoms with Crippen molar-refractivity contribution < 1.29 is 14.6 Å². The summed E-state index contributed by atoms with van der Waals surface area (Å²) in [6.45, 7) is 6.81. The molecule has 0 N–H and O–H groups in total. The van der Waals surface area contributed by atoms with Gasteiger partial charge >= 0.3 is 24.8 Å². The quantitative estimate of drug-likeness (QED) is 0.309. The molecule has 0 aromatic carbocycles. The van der Waals surface area contributed by atoms with Gasteiger partial charge < -0.3 is 7.43 Å². The zero-order chi connectivity index (χ0) is 5.58. The summed E-state index contributed by atoms with van der Waals surface area (Å²) >= 11 is 3.35. The van der Waals surface area contributed by atoms with Crippen molar-refractivity contribution in [3.8, 4) is 0 Å². The van der Waals surface area contributed by atoms with E-state index in [9.17, 15) is 0 Å². The first-order valence-electron chi connectivity index (χ1n) is 1.62. The molecule has 0 aliphatic heterocycles. The summed E-state index contributed by atoms with van der Waals surface area (Å²) < 4.78 is 0. The molecule has 0 unspecified atom stereocenters. The third-order valence-corrected chi connectivity index (χ3v) is 0. The summed E-state index contributed by atoms with van der Waals surface area (Å²) in [5.74, 6) is 0. The first-order valence-corrected chi connectivity index (χ1v) is 5.98. The SMILES string of the molecule is C[PH+](C)C.[CH3-].[Cl][Ni]. The van der Waals surface area contributed by atoms with Crippen molar-refractivity contribution in [3.05, 3.63) is 7.43 Å². The molecule has 3 heteroatoms. The Morgan fingerprint density at radius 2 is 1.14 bits per heavy atom. The molecule has 0 radical (unpaired) electrons. The van der Waals surface area contributed by atoms with E-state index >= 15 is 0 Å². The topological polar surface area (TPSA) is 0 Å². The minimum atomic E-state index is 0. The van der Waals surface area contributed by atoms with Crippen molar-refractivity contribution in [2.24, 2.45) is 0 Å². The summed E-state index contributed by atoms with van der Waals surface area (Å²) in [7, 11) is 4.38. The Labute approximate surface area is 60.4 Å². The third-order valence-electron chi connectivity index (χ3n) is 0. The molecule has 0 bridgehead atoms. The van der Waals surface area contributed by atoms with E-state index < -0.39 is 0 Å². The van der Waals surface area contributed by atoms with Gasteiger partial charge in [-0.25, -0.2) is 0 Å². The number of hydrogen-bond acceptors (Lipinski definition) is 0. The summed E-state index contributed by atoms with van der Waals surface area (Å²) in [6, 6.07) is 0. The van der Waals surface area contributed by atoms with Crippen LogP contribution in [0, 0.1) is 7.43 Å². The fourth-order valence-corrected chi connectivity index (χ4v) is 0. The van der Waals surface area contributed by atoms with Gasteiger partial charge in [-0.05, 0) is 7.92 Å². The molecular weight excluding hydrogens is 173 g/mol. The fourth-order valence-electron chi connectivity index (χ4n) is 0. The van der Waals surface area contributed by atoms with Crippen LogP contribution in [0.4, 0.5) is 0 Å². The molecule has 0 saturated heterocycles. The van der Waals surface area contributed by atoms with E-state index in [2.05, 4.69) is 44.8 Å². The second kappa shape index (κ2) is 15.7. The van der Waals surface area contributed by atoms with Gasteiger partial charge in [-0.15, -0.1) is 0 Å². The van der Waals surface area contributed by atoms with E-state index in [1.165, 1.54) is 0 Å². The Morgan fingerprint density at radius 1 is 1.14 bits per heavy atom. The Hall–Kier alpha value is 1.21. The predicted molar refractivity (Wildman–Crippen MR) is 38.4 cm³/mol. The maximum atomic E-state index is 4.26. The van der Waals surface area contributed by atoms with Gasteiger partial charge in [0, 0.05) is 20.0 Å². The first-order chi connectivity index (χ1) is 2.73. The van der Waals surface area contributed by atoms with E-state index in [4.69, 9.17) is 0 Å². The van der Waals surface area contributed by atoms with Gasteiger partial charge in [0.05, 0.1) is 0 Å². The monoisotopic (exact) mass is 185 g/mol. The number of rotatable bonds is 0. The van der Waals surface area contributed by atoms with Crippen molar-refractivity contribution in [1.82, 2.24) is 0 Å². The van der Waals surface area contributed by atoms with E-state index in [0.717, 1.165) is 0 Å². The summed E-state index contributed by atoms with van der Waals surface area (Å²) in [6.07, 6.45) is 0. The standard InChI is InChI=1S/C3H9P.CH3.ClH.Ni/c1-4(2)3;;;/h1-3H3;1H3;1H;/q;-1;;+1. The molecule has 0 spiro atoms. The van der Waals surface area contributed by atoms with Crippen LogP contribution in [-0.2, 0) is 14.6 Å². The van der Waals surface area contributed by atoms with Crippen LogP contribution in [0.15, 0.2) is 0 Å². The molecule has 0 aromatic rings. The Kier molecular flexibility index (Phi) is 35.2. The molecule has 0 aromatic heterocycles. The van der Waals surface area contributed by atoms with Gasteiger partial charge in [0.25, 0.3) is 0 Å². The van der Waals surface area contributed by atoms with Crippen LogP contribution in [0.3, 0.4) is 0 Å². The Bertz CT molecular complexity index is 16.4. The Morgan fingerprint density at radius 3 is 1.14 bits per heavy atom. The summed E-state index contributed by atoms with van der Waals surface area (Å²) in [5.41, 5.74) is 0. The molecule has 0 rings (SSSR count). The van der Waals surface area contributed by atoms with Gasteiger partial charge in [0.2, 0.25) is 0 Å². The maximum absolute atomic E-state index is 4.26. The van der Waals surface area contributed by atoms with Crippen LogP contribution in [0.25, 0.3) is 0 Å². The zero-order valence-corrected chi connectivity index (χ0v) is 7.94. The molecule has 0 aliphatic carbocycles. The second-order valence-electron chi connectivity index (χ2n) is 1.50. The second-order valence-corrected chi connectivity index (χ2v) is 4.50. The fraction of sp³-hybridized carbons (Fsp3) is 0.750. The summed E-state index contributed by atoms with van der Waals surface area (Å²) in [4.78, 5) is 0. The van der Waals surface area contributed by atoms with E-state index in [1.807, 2.05) is 0 Å².